The van der Waals surface area contributed by atoms with Crippen molar-refractivity contribution in [1.82, 2.24) is 19.9 Å². The molecule has 3 rings (SSSR count). The van der Waals surface area contributed by atoms with E-state index in [1.54, 1.807) is 26.8 Å². The standard InChI is InChI=1S/C19H19ClFN5O5S/c1-8-4-6-12(21)14(9(8)2)10(3)15(18-24-25-19(28)31-18)26-32(29,30)13-7-5-11(20)16(23-13)17(22)27/h4-7,10,15,26H,1-3H3,(H2,22,27)(H,25,28). The Bertz CT molecular complexity index is 1350. The van der Waals surface area contributed by atoms with Crippen LogP contribution in [0.3, 0.4) is 0 Å². The van der Waals surface area contributed by atoms with Crippen molar-refractivity contribution in [2.24, 2.45) is 5.73 Å². The Morgan fingerprint density at radius 3 is 2.56 bits per heavy atom. The molecule has 0 saturated heterocycles. The average Bonchev–Trinajstić information content (AvgIpc) is 3.15. The number of aryl methyl sites for hydroxylation is 1. The third-order valence-corrected chi connectivity index (χ3v) is 6.67. The number of benzene rings is 1. The fourth-order valence-corrected chi connectivity index (χ4v) is 4.66. The highest BCUT2D eigenvalue weighted by atomic mass is 35.5. The summed E-state index contributed by atoms with van der Waals surface area (Å²) < 4.78 is 48.2. The summed E-state index contributed by atoms with van der Waals surface area (Å²) in [6.07, 6.45) is 0. The molecule has 0 spiro atoms. The van der Waals surface area contributed by atoms with E-state index >= 15 is 0 Å². The zero-order chi connectivity index (χ0) is 23.8. The molecule has 2 heterocycles. The minimum Gasteiger partial charge on any atom is -0.391 e. The molecule has 32 heavy (non-hydrogen) atoms. The lowest BCUT2D eigenvalue weighted by atomic mass is 9.88. The predicted molar refractivity (Wildman–Crippen MR) is 112 cm³/mol. The Hall–Kier alpha value is -3.09. The first-order valence-corrected chi connectivity index (χ1v) is 11.1. The maximum absolute atomic E-state index is 14.7. The molecule has 2 atom stereocenters. The quantitative estimate of drug-likeness (QED) is 0.463. The van der Waals surface area contributed by atoms with Crippen LogP contribution in [-0.2, 0) is 10.0 Å². The summed E-state index contributed by atoms with van der Waals surface area (Å²) in [5.74, 6) is -3.68. The molecule has 0 saturated carbocycles. The van der Waals surface area contributed by atoms with Crippen LogP contribution in [0.2, 0.25) is 5.02 Å². The zero-order valence-corrected chi connectivity index (χ0v) is 18.7. The van der Waals surface area contributed by atoms with E-state index in [0.717, 1.165) is 17.7 Å². The van der Waals surface area contributed by atoms with Gasteiger partial charge < -0.3 is 10.2 Å². The number of carbonyl (C=O) groups excluding carboxylic acids is 1. The van der Waals surface area contributed by atoms with E-state index in [9.17, 15) is 22.4 Å². The highest BCUT2D eigenvalue weighted by Crippen LogP contribution is 2.35. The topological polar surface area (TPSA) is 161 Å². The summed E-state index contributed by atoms with van der Waals surface area (Å²) in [7, 11) is -4.43. The van der Waals surface area contributed by atoms with E-state index in [4.69, 9.17) is 21.8 Å². The number of halogens is 2. The van der Waals surface area contributed by atoms with Crippen LogP contribution in [0.15, 0.2) is 38.5 Å². The second-order valence-electron chi connectivity index (χ2n) is 7.09. The van der Waals surface area contributed by atoms with Crippen LogP contribution in [-0.4, -0.2) is 29.5 Å². The molecular weight excluding hydrogens is 465 g/mol. The SMILES string of the molecule is Cc1ccc(F)c(C(C)C(NS(=O)(=O)c2ccc(Cl)c(C(N)=O)n2)c2n[nH]c(=O)o2)c1C. The van der Waals surface area contributed by atoms with Crippen LogP contribution in [0.1, 0.15) is 52.0 Å². The van der Waals surface area contributed by atoms with Crippen molar-refractivity contribution in [2.45, 2.75) is 37.8 Å². The van der Waals surface area contributed by atoms with Gasteiger partial charge in [0.15, 0.2) is 5.03 Å². The molecule has 2 unspecified atom stereocenters. The number of nitrogens with two attached hydrogens (primary N) is 1. The van der Waals surface area contributed by atoms with Crippen molar-refractivity contribution in [2.75, 3.05) is 0 Å². The molecular formula is C19H19ClFN5O5S. The highest BCUT2D eigenvalue weighted by molar-refractivity contribution is 7.89. The molecule has 0 aliphatic rings. The minimum atomic E-state index is -4.43. The van der Waals surface area contributed by atoms with Gasteiger partial charge in [-0.05, 0) is 48.7 Å². The van der Waals surface area contributed by atoms with Gasteiger partial charge in [-0.25, -0.2) is 27.7 Å². The van der Waals surface area contributed by atoms with Gasteiger partial charge in [-0.1, -0.05) is 24.6 Å². The average molecular weight is 484 g/mol. The molecule has 4 N–H and O–H groups in total. The number of amides is 1. The lowest BCUT2D eigenvalue weighted by Gasteiger charge is -2.24. The van der Waals surface area contributed by atoms with Gasteiger partial charge >= 0.3 is 5.76 Å². The van der Waals surface area contributed by atoms with E-state index in [1.165, 1.54) is 6.07 Å². The first-order chi connectivity index (χ1) is 14.9. The van der Waals surface area contributed by atoms with Gasteiger partial charge in [0.2, 0.25) is 5.89 Å². The van der Waals surface area contributed by atoms with E-state index in [2.05, 4.69) is 19.9 Å². The number of nitrogens with one attached hydrogen (secondary N) is 2. The van der Waals surface area contributed by atoms with Gasteiger partial charge in [0.25, 0.3) is 15.9 Å². The number of primary amides is 1. The predicted octanol–water partition coefficient (Wildman–Crippen LogP) is 2.09. The molecule has 1 amide bonds. The summed E-state index contributed by atoms with van der Waals surface area (Å²) in [6.45, 7) is 5.02. The first kappa shape index (κ1) is 23.6. The Morgan fingerprint density at radius 1 is 1.28 bits per heavy atom. The summed E-state index contributed by atoms with van der Waals surface area (Å²) >= 11 is 5.84. The maximum Gasteiger partial charge on any atom is 0.434 e. The van der Waals surface area contributed by atoms with Gasteiger partial charge in [0.05, 0.1) is 5.02 Å². The van der Waals surface area contributed by atoms with Crippen molar-refractivity contribution in [3.63, 3.8) is 0 Å². The summed E-state index contributed by atoms with van der Waals surface area (Å²) in [4.78, 5) is 26.7. The number of hydrogen-bond acceptors (Lipinski definition) is 7. The molecule has 3 aromatic rings. The molecule has 0 radical (unpaired) electrons. The molecule has 13 heteroatoms. The lowest BCUT2D eigenvalue weighted by Crippen LogP contribution is -2.33. The Kier molecular flexibility index (Phi) is 6.49. The van der Waals surface area contributed by atoms with Crippen LogP contribution in [0.4, 0.5) is 4.39 Å². The smallest absolute Gasteiger partial charge is 0.391 e. The van der Waals surface area contributed by atoms with Crippen LogP contribution in [0.5, 0.6) is 0 Å². The van der Waals surface area contributed by atoms with Crippen molar-refractivity contribution >= 4 is 27.5 Å². The molecule has 170 valence electrons. The summed E-state index contributed by atoms with van der Waals surface area (Å²) in [5.41, 5.74) is 6.34. The number of sulfonamides is 1. The largest absolute Gasteiger partial charge is 0.434 e. The van der Waals surface area contributed by atoms with Crippen molar-refractivity contribution < 1.29 is 22.0 Å². The lowest BCUT2D eigenvalue weighted by molar-refractivity contribution is 0.0995. The van der Waals surface area contributed by atoms with E-state index < -0.39 is 50.2 Å². The summed E-state index contributed by atoms with van der Waals surface area (Å²) in [6, 6.07) is 3.78. The molecule has 10 nitrogen and oxygen atoms in total. The first-order valence-electron chi connectivity index (χ1n) is 9.22. The number of aromatic amines is 1. The van der Waals surface area contributed by atoms with Crippen molar-refractivity contribution in [1.29, 1.82) is 0 Å². The van der Waals surface area contributed by atoms with Crippen LogP contribution in [0, 0.1) is 19.7 Å². The van der Waals surface area contributed by atoms with Gasteiger partial charge in [0, 0.05) is 5.92 Å². The minimum absolute atomic E-state index is 0.128. The number of hydrogen-bond donors (Lipinski definition) is 3. The number of carbonyl (C=O) groups is 1. The zero-order valence-electron chi connectivity index (χ0n) is 17.1. The molecule has 0 fully saturated rings. The number of nitrogens with zero attached hydrogens (tertiary/aromatic N) is 2. The molecule has 1 aromatic carbocycles. The van der Waals surface area contributed by atoms with Crippen LogP contribution < -0.4 is 16.2 Å². The normalized spacial score (nSPS) is 13.7. The third-order valence-electron chi connectivity index (χ3n) is 5.02. The fraction of sp³-hybridized carbons (Fsp3) is 0.263. The fourth-order valence-electron chi connectivity index (χ4n) is 3.25. The van der Waals surface area contributed by atoms with E-state index in [1.807, 2.05) is 0 Å². The molecule has 2 aromatic heterocycles. The Balaban J connectivity index is 2.11. The summed E-state index contributed by atoms with van der Waals surface area (Å²) in [5, 5.41) is 5.08. The number of aromatic nitrogens is 3. The number of H-pyrrole nitrogens is 1. The number of pyridine rings is 1. The van der Waals surface area contributed by atoms with Gasteiger partial charge in [-0.3, -0.25) is 4.79 Å². The Morgan fingerprint density at radius 2 is 1.97 bits per heavy atom. The van der Waals surface area contributed by atoms with Gasteiger partial charge in [0.1, 0.15) is 17.6 Å². The van der Waals surface area contributed by atoms with E-state index in [0.29, 0.717) is 5.56 Å². The molecule has 0 aliphatic heterocycles. The highest BCUT2D eigenvalue weighted by Gasteiger charge is 2.34. The molecule has 0 bridgehead atoms. The number of rotatable bonds is 7. The Labute approximate surface area is 187 Å². The van der Waals surface area contributed by atoms with Crippen LogP contribution >= 0.6 is 11.6 Å². The van der Waals surface area contributed by atoms with Crippen molar-refractivity contribution in [3.05, 3.63) is 73.9 Å². The van der Waals surface area contributed by atoms with Crippen molar-refractivity contribution in [3.8, 4) is 0 Å². The second-order valence-corrected chi connectivity index (χ2v) is 9.15. The molecule has 0 aliphatic carbocycles. The maximum atomic E-state index is 14.7. The van der Waals surface area contributed by atoms with E-state index in [-0.39, 0.29) is 16.5 Å². The second kappa shape index (κ2) is 8.81. The third kappa shape index (κ3) is 4.56. The van der Waals surface area contributed by atoms with Gasteiger partial charge in [-0.15, -0.1) is 5.10 Å². The van der Waals surface area contributed by atoms with Crippen LogP contribution in [0.25, 0.3) is 0 Å². The van der Waals surface area contributed by atoms with Gasteiger partial charge in [-0.2, -0.15) is 4.72 Å². The monoisotopic (exact) mass is 483 g/mol.